The van der Waals surface area contributed by atoms with Crippen LogP contribution in [-0.4, -0.2) is 21.6 Å². The van der Waals surface area contributed by atoms with Crippen LogP contribution >= 0.6 is 0 Å². The number of ketones is 1. The van der Waals surface area contributed by atoms with Crippen LogP contribution in [0, 0.1) is 10.1 Å². The Labute approximate surface area is 85.0 Å². The summed E-state index contributed by atoms with van der Waals surface area (Å²) in [7, 11) is 0. The number of hydrogen-bond acceptors (Lipinski definition) is 5. The van der Waals surface area contributed by atoms with E-state index in [1.54, 1.807) is 0 Å². The molecule has 0 aliphatic heterocycles. The number of nitro benzene ring substituents is 1. The second-order valence-electron chi connectivity index (χ2n) is 2.79. The van der Waals surface area contributed by atoms with Gasteiger partial charge in [0.2, 0.25) is 5.78 Å². The van der Waals surface area contributed by atoms with E-state index in [0.717, 1.165) is 0 Å². The summed E-state index contributed by atoms with van der Waals surface area (Å²) in [5.41, 5.74) is -0.576. The third-order valence-electron chi connectivity index (χ3n) is 1.82. The Balaban J connectivity index is 3.26. The quantitative estimate of drug-likeness (QED) is 0.268. The van der Waals surface area contributed by atoms with Gasteiger partial charge in [-0.15, -0.1) is 0 Å². The molecule has 0 aliphatic carbocycles. The standard InChI is InChI=1S/C9H8N2O4/c1-6(10-13)9(12)7-4-2-3-5-8(7)11(14)15/h2-5,13H,1H3. The summed E-state index contributed by atoms with van der Waals surface area (Å²) in [5.74, 6) is -0.662. The molecular formula is C9H8N2O4. The summed E-state index contributed by atoms with van der Waals surface area (Å²) in [6.07, 6.45) is 0. The molecule has 0 unspecified atom stereocenters. The van der Waals surface area contributed by atoms with Crippen molar-refractivity contribution in [2.24, 2.45) is 5.16 Å². The molecule has 15 heavy (non-hydrogen) atoms. The van der Waals surface area contributed by atoms with Crippen LogP contribution < -0.4 is 0 Å². The van der Waals surface area contributed by atoms with E-state index < -0.39 is 10.7 Å². The molecular weight excluding hydrogens is 200 g/mol. The molecule has 78 valence electrons. The van der Waals surface area contributed by atoms with Crippen LogP contribution in [0.2, 0.25) is 0 Å². The van der Waals surface area contributed by atoms with Gasteiger partial charge in [0.15, 0.2) is 0 Å². The highest BCUT2D eigenvalue weighted by Gasteiger charge is 2.21. The minimum absolute atomic E-state index is 0.0854. The molecule has 1 rings (SSSR count). The first kappa shape index (κ1) is 10.8. The van der Waals surface area contributed by atoms with Gasteiger partial charge in [-0.2, -0.15) is 0 Å². The van der Waals surface area contributed by atoms with Crippen LogP contribution in [0.4, 0.5) is 5.69 Å². The van der Waals surface area contributed by atoms with Crippen molar-refractivity contribution in [3.05, 3.63) is 39.9 Å². The van der Waals surface area contributed by atoms with Crippen LogP contribution in [0.1, 0.15) is 17.3 Å². The molecule has 1 aromatic carbocycles. The number of nitro groups is 1. The fraction of sp³-hybridized carbons (Fsp3) is 0.111. The topological polar surface area (TPSA) is 92.8 Å². The van der Waals surface area contributed by atoms with E-state index in [9.17, 15) is 14.9 Å². The maximum Gasteiger partial charge on any atom is 0.280 e. The van der Waals surface area contributed by atoms with Crippen LogP contribution in [0.5, 0.6) is 0 Å². The highest BCUT2D eigenvalue weighted by atomic mass is 16.6. The number of carbonyl (C=O) groups is 1. The van der Waals surface area contributed by atoms with Crippen molar-refractivity contribution in [3.8, 4) is 0 Å². The molecule has 0 saturated heterocycles. The SMILES string of the molecule is CC(=NO)C(=O)c1ccccc1[N+](=O)[O-]. The smallest absolute Gasteiger partial charge is 0.280 e. The zero-order valence-electron chi connectivity index (χ0n) is 7.88. The number of benzene rings is 1. The molecule has 0 radical (unpaired) electrons. The molecule has 1 N–H and O–H groups in total. The maximum absolute atomic E-state index is 11.5. The molecule has 1 aromatic rings. The number of hydrogen-bond donors (Lipinski definition) is 1. The minimum atomic E-state index is -0.662. The number of nitrogens with zero attached hydrogens (tertiary/aromatic N) is 2. The third-order valence-corrected chi connectivity index (χ3v) is 1.82. The van der Waals surface area contributed by atoms with Gasteiger partial charge >= 0.3 is 0 Å². The van der Waals surface area contributed by atoms with Crippen LogP contribution in [0.15, 0.2) is 29.4 Å². The Bertz CT molecular complexity index is 439. The first-order chi connectivity index (χ1) is 7.07. The predicted octanol–water partition coefficient (Wildman–Crippen LogP) is 1.63. The number of rotatable bonds is 3. The average molecular weight is 208 g/mol. The highest BCUT2D eigenvalue weighted by Crippen LogP contribution is 2.18. The Morgan fingerprint density at radius 1 is 1.47 bits per heavy atom. The second-order valence-corrected chi connectivity index (χ2v) is 2.79. The fourth-order valence-corrected chi connectivity index (χ4v) is 1.07. The lowest BCUT2D eigenvalue weighted by Gasteiger charge is -1.99. The van der Waals surface area contributed by atoms with Gasteiger partial charge in [0.05, 0.1) is 4.92 Å². The third kappa shape index (κ3) is 2.16. The van der Waals surface area contributed by atoms with Gasteiger partial charge in [-0.1, -0.05) is 17.3 Å². The zero-order valence-corrected chi connectivity index (χ0v) is 7.88. The first-order valence-corrected chi connectivity index (χ1v) is 4.04. The molecule has 0 amide bonds. The lowest BCUT2D eigenvalue weighted by molar-refractivity contribution is -0.385. The van der Waals surface area contributed by atoms with E-state index in [1.165, 1.54) is 31.2 Å². The summed E-state index contributed by atoms with van der Waals surface area (Å²) < 4.78 is 0. The van der Waals surface area contributed by atoms with Gasteiger partial charge < -0.3 is 5.21 Å². The van der Waals surface area contributed by atoms with Crippen molar-refractivity contribution in [3.63, 3.8) is 0 Å². The van der Waals surface area contributed by atoms with E-state index in [0.29, 0.717) is 0 Å². The monoisotopic (exact) mass is 208 g/mol. The maximum atomic E-state index is 11.5. The van der Waals surface area contributed by atoms with E-state index in [1.807, 2.05) is 0 Å². The molecule has 0 heterocycles. The van der Waals surface area contributed by atoms with Gasteiger partial charge in [0, 0.05) is 6.07 Å². The molecule has 0 aliphatic rings. The highest BCUT2D eigenvalue weighted by molar-refractivity contribution is 6.45. The molecule has 0 bridgehead atoms. The summed E-state index contributed by atoms with van der Waals surface area (Å²) in [6, 6.07) is 5.50. The summed E-state index contributed by atoms with van der Waals surface area (Å²) in [6.45, 7) is 1.28. The molecule has 0 spiro atoms. The van der Waals surface area contributed by atoms with E-state index in [-0.39, 0.29) is 17.0 Å². The Morgan fingerprint density at radius 3 is 2.60 bits per heavy atom. The lowest BCUT2D eigenvalue weighted by atomic mass is 10.1. The van der Waals surface area contributed by atoms with Crippen molar-refractivity contribution in [1.29, 1.82) is 0 Å². The summed E-state index contributed by atoms with van der Waals surface area (Å²) in [4.78, 5) is 21.4. The van der Waals surface area contributed by atoms with Gasteiger partial charge in [-0.3, -0.25) is 14.9 Å². The normalized spacial score (nSPS) is 11.1. The van der Waals surface area contributed by atoms with Gasteiger partial charge in [0.25, 0.3) is 5.69 Å². The zero-order chi connectivity index (χ0) is 11.4. The van der Waals surface area contributed by atoms with Crippen molar-refractivity contribution < 1.29 is 14.9 Å². The Kier molecular flexibility index (Phi) is 3.12. The van der Waals surface area contributed by atoms with Gasteiger partial charge in [-0.05, 0) is 13.0 Å². The molecule has 0 fully saturated rings. The predicted molar refractivity (Wildman–Crippen MR) is 52.3 cm³/mol. The number of oxime groups is 1. The molecule has 6 nitrogen and oxygen atoms in total. The number of carbonyl (C=O) groups excluding carboxylic acids is 1. The van der Waals surface area contributed by atoms with E-state index in [2.05, 4.69) is 5.16 Å². The fourth-order valence-electron chi connectivity index (χ4n) is 1.07. The lowest BCUT2D eigenvalue weighted by Crippen LogP contribution is -2.12. The second kappa shape index (κ2) is 4.32. The molecule has 6 heteroatoms. The summed E-state index contributed by atoms with van der Waals surface area (Å²) >= 11 is 0. The van der Waals surface area contributed by atoms with Crippen molar-refractivity contribution in [1.82, 2.24) is 0 Å². The van der Waals surface area contributed by atoms with Gasteiger partial charge in [-0.25, -0.2) is 0 Å². The van der Waals surface area contributed by atoms with E-state index >= 15 is 0 Å². The molecule has 0 aromatic heterocycles. The Hall–Kier alpha value is -2.24. The number of para-hydroxylation sites is 1. The van der Waals surface area contributed by atoms with Gasteiger partial charge in [0.1, 0.15) is 11.3 Å². The van der Waals surface area contributed by atoms with Crippen LogP contribution in [0.3, 0.4) is 0 Å². The molecule has 0 atom stereocenters. The van der Waals surface area contributed by atoms with E-state index in [4.69, 9.17) is 5.21 Å². The first-order valence-electron chi connectivity index (χ1n) is 4.04. The van der Waals surface area contributed by atoms with Crippen molar-refractivity contribution >= 4 is 17.2 Å². The minimum Gasteiger partial charge on any atom is -0.411 e. The van der Waals surface area contributed by atoms with Crippen LogP contribution in [0.25, 0.3) is 0 Å². The summed E-state index contributed by atoms with van der Waals surface area (Å²) in [5, 5.41) is 21.7. The number of Topliss-reactive ketones (excluding diaryl/α,β-unsaturated/α-hetero) is 1. The van der Waals surface area contributed by atoms with Crippen LogP contribution in [-0.2, 0) is 0 Å². The molecule has 0 saturated carbocycles. The largest absolute Gasteiger partial charge is 0.411 e. The van der Waals surface area contributed by atoms with Crippen molar-refractivity contribution in [2.45, 2.75) is 6.92 Å². The van der Waals surface area contributed by atoms with Crippen molar-refractivity contribution in [2.75, 3.05) is 0 Å². The average Bonchev–Trinajstić information content (AvgIpc) is 2.27. The Morgan fingerprint density at radius 2 is 2.07 bits per heavy atom.